The van der Waals surface area contributed by atoms with Crippen molar-refractivity contribution in [3.63, 3.8) is 0 Å². The van der Waals surface area contributed by atoms with E-state index in [1.54, 1.807) is 0 Å². The number of hydrogen-bond donors (Lipinski definition) is 2. The number of benzene rings is 1. The van der Waals surface area contributed by atoms with Crippen molar-refractivity contribution >= 4 is 23.5 Å². The second-order valence-electron chi connectivity index (χ2n) is 6.46. The van der Waals surface area contributed by atoms with Gasteiger partial charge in [0.2, 0.25) is 5.91 Å². The van der Waals surface area contributed by atoms with E-state index in [0.717, 1.165) is 5.56 Å². The number of fused-ring (bicyclic) bond motifs is 1. The van der Waals surface area contributed by atoms with Crippen LogP contribution >= 0.6 is 0 Å². The first-order valence-corrected chi connectivity index (χ1v) is 8.03. The van der Waals surface area contributed by atoms with Crippen molar-refractivity contribution in [1.29, 1.82) is 0 Å². The van der Waals surface area contributed by atoms with E-state index < -0.39 is 23.6 Å². The Hall–Kier alpha value is -2.44. The summed E-state index contributed by atoms with van der Waals surface area (Å²) in [5.74, 6) is -2.93. The molecule has 2 atom stereocenters. The van der Waals surface area contributed by atoms with Crippen LogP contribution in [0.4, 0.5) is 10.1 Å². The molecule has 0 saturated carbocycles. The number of nitrogens with one attached hydrogen (secondary N) is 1. The van der Waals surface area contributed by atoms with Gasteiger partial charge in [-0.05, 0) is 43.9 Å². The Balaban J connectivity index is 1.89. The molecular formula is C17H19FN2O4. The first kappa shape index (κ1) is 16.4. The van der Waals surface area contributed by atoms with E-state index in [2.05, 4.69) is 5.32 Å². The Bertz CT molecular complexity index is 719. The van der Waals surface area contributed by atoms with Gasteiger partial charge in [0.25, 0.3) is 5.91 Å². The number of halogens is 1. The van der Waals surface area contributed by atoms with E-state index in [1.165, 1.54) is 17.0 Å². The van der Waals surface area contributed by atoms with Crippen molar-refractivity contribution in [2.75, 3.05) is 11.9 Å². The third-order valence-electron chi connectivity index (χ3n) is 4.81. The molecule has 2 heterocycles. The van der Waals surface area contributed by atoms with Crippen LogP contribution in [0.15, 0.2) is 12.1 Å². The maximum absolute atomic E-state index is 14.4. The molecule has 24 heavy (non-hydrogen) atoms. The first-order chi connectivity index (χ1) is 11.4. The predicted molar refractivity (Wildman–Crippen MR) is 84.2 cm³/mol. The fourth-order valence-corrected chi connectivity index (χ4v) is 3.31. The molecule has 128 valence electrons. The maximum atomic E-state index is 14.4. The number of nitrogens with zero attached hydrogens (tertiary/aromatic N) is 1. The summed E-state index contributed by atoms with van der Waals surface area (Å²) in [4.78, 5) is 36.8. The van der Waals surface area contributed by atoms with Crippen molar-refractivity contribution in [1.82, 2.24) is 4.90 Å². The van der Waals surface area contributed by atoms with Crippen molar-refractivity contribution in [3.05, 3.63) is 29.1 Å². The number of anilines is 1. The number of carboxylic acid groups (broad SMARTS) is 1. The Kier molecular flexibility index (Phi) is 4.26. The molecular weight excluding hydrogens is 315 g/mol. The molecule has 2 N–H and O–H groups in total. The van der Waals surface area contributed by atoms with Crippen molar-refractivity contribution in [2.24, 2.45) is 5.92 Å². The van der Waals surface area contributed by atoms with E-state index in [9.17, 15) is 23.9 Å². The number of rotatable bonds is 2. The van der Waals surface area contributed by atoms with Gasteiger partial charge in [0.05, 0.1) is 11.5 Å². The lowest BCUT2D eigenvalue weighted by atomic mass is 9.92. The molecule has 1 saturated heterocycles. The SMILES string of the molecule is CC1CCC(C(=O)O)CN1C(=O)c1cc2c(cc1F)NC(=O)CC2. The van der Waals surface area contributed by atoms with Gasteiger partial charge in [-0.2, -0.15) is 0 Å². The molecule has 2 aliphatic heterocycles. The molecule has 2 unspecified atom stereocenters. The number of aryl methyl sites for hydroxylation is 1. The molecule has 1 aromatic carbocycles. The molecule has 2 aliphatic rings. The van der Waals surface area contributed by atoms with Gasteiger partial charge in [-0.3, -0.25) is 14.4 Å². The van der Waals surface area contributed by atoms with Crippen molar-refractivity contribution in [3.8, 4) is 0 Å². The normalized spacial score (nSPS) is 23.4. The van der Waals surface area contributed by atoms with Crippen molar-refractivity contribution < 1.29 is 23.9 Å². The molecule has 2 amide bonds. The summed E-state index contributed by atoms with van der Waals surface area (Å²) >= 11 is 0. The average molecular weight is 334 g/mol. The number of likely N-dealkylation sites (tertiary alicyclic amines) is 1. The van der Waals surface area contributed by atoms with Crippen molar-refractivity contribution in [2.45, 2.75) is 38.6 Å². The average Bonchev–Trinajstić information content (AvgIpc) is 2.53. The Morgan fingerprint density at radius 1 is 1.29 bits per heavy atom. The summed E-state index contributed by atoms with van der Waals surface area (Å²) in [7, 11) is 0. The van der Waals surface area contributed by atoms with E-state index in [1.807, 2.05) is 6.92 Å². The maximum Gasteiger partial charge on any atom is 0.308 e. The van der Waals surface area contributed by atoms with Crippen LogP contribution in [0.5, 0.6) is 0 Å². The lowest BCUT2D eigenvalue weighted by molar-refractivity contribution is -0.143. The highest BCUT2D eigenvalue weighted by molar-refractivity contribution is 5.98. The van der Waals surface area contributed by atoms with Gasteiger partial charge < -0.3 is 15.3 Å². The monoisotopic (exact) mass is 334 g/mol. The minimum atomic E-state index is -0.937. The van der Waals surface area contributed by atoms with Crippen LogP contribution in [0.1, 0.15) is 42.1 Å². The minimum absolute atomic E-state index is 0.0669. The van der Waals surface area contributed by atoms with E-state index in [-0.39, 0.29) is 24.1 Å². The number of piperidine rings is 1. The second-order valence-corrected chi connectivity index (χ2v) is 6.46. The van der Waals surface area contributed by atoms with Gasteiger partial charge in [0.15, 0.2) is 0 Å². The largest absolute Gasteiger partial charge is 0.481 e. The third kappa shape index (κ3) is 2.98. The Labute approximate surface area is 138 Å². The van der Waals surface area contributed by atoms with Crippen LogP contribution in [0.3, 0.4) is 0 Å². The molecule has 3 rings (SSSR count). The first-order valence-electron chi connectivity index (χ1n) is 8.03. The van der Waals surface area contributed by atoms with Crippen LogP contribution in [0.2, 0.25) is 0 Å². The summed E-state index contributed by atoms with van der Waals surface area (Å²) in [6, 6.07) is 2.51. The zero-order valence-corrected chi connectivity index (χ0v) is 13.3. The lowest BCUT2D eigenvalue weighted by Gasteiger charge is -2.36. The lowest BCUT2D eigenvalue weighted by Crippen LogP contribution is -2.47. The highest BCUT2D eigenvalue weighted by Crippen LogP contribution is 2.29. The van der Waals surface area contributed by atoms with E-state index in [0.29, 0.717) is 31.4 Å². The van der Waals surface area contributed by atoms with Gasteiger partial charge in [0, 0.05) is 24.7 Å². The molecule has 0 aromatic heterocycles. The zero-order chi connectivity index (χ0) is 17.4. The van der Waals surface area contributed by atoms with Gasteiger partial charge >= 0.3 is 5.97 Å². The predicted octanol–water partition coefficient (Wildman–Crippen LogP) is 2.04. The topological polar surface area (TPSA) is 86.7 Å². The molecule has 7 heteroatoms. The van der Waals surface area contributed by atoms with Gasteiger partial charge in [-0.15, -0.1) is 0 Å². The molecule has 0 spiro atoms. The number of hydrogen-bond acceptors (Lipinski definition) is 3. The van der Waals surface area contributed by atoms with Gasteiger partial charge in [-0.1, -0.05) is 0 Å². The highest BCUT2D eigenvalue weighted by Gasteiger charge is 2.34. The summed E-state index contributed by atoms with van der Waals surface area (Å²) in [6.45, 7) is 1.93. The Morgan fingerprint density at radius 3 is 2.75 bits per heavy atom. The smallest absolute Gasteiger partial charge is 0.308 e. The van der Waals surface area contributed by atoms with E-state index in [4.69, 9.17) is 0 Å². The van der Waals surface area contributed by atoms with Crippen LogP contribution < -0.4 is 5.32 Å². The zero-order valence-electron chi connectivity index (χ0n) is 13.3. The second kappa shape index (κ2) is 6.22. The highest BCUT2D eigenvalue weighted by atomic mass is 19.1. The molecule has 1 aromatic rings. The Morgan fingerprint density at radius 2 is 2.04 bits per heavy atom. The van der Waals surface area contributed by atoms with Crippen LogP contribution in [0, 0.1) is 11.7 Å². The van der Waals surface area contributed by atoms with Gasteiger partial charge in [0.1, 0.15) is 5.82 Å². The van der Waals surface area contributed by atoms with Crippen LogP contribution in [0.25, 0.3) is 0 Å². The number of carbonyl (C=O) groups excluding carboxylic acids is 2. The molecule has 6 nitrogen and oxygen atoms in total. The summed E-state index contributed by atoms with van der Waals surface area (Å²) in [5.41, 5.74) is 1.05. The number of carbonyl (C=O) groups is 3. The summed E-state index contributed by atoms with van der Waals surface area (Å²) in [5, 5.41) is 11.8. The summed E-state index contributed by atoms with van der Waals surface area (Å²) < 4.78 is 14.4. The molecule has 0 radical (unpaired) electrons. The molecule has 1 fully saturated rings. The number of carboxylic acids is 1. The van der Waals surface area contributed by atoms with E-state index >= 15 is 0 Å². The fourth-order valence-electron chi connectivity index (χ4n) is 3.31. The molecule has 0 aliphatic carbocycles. The number of amides is 2. The number of aliphatic carboxylic acids is 1. The standard InChI is InChI=1S/C17H19FN2O4/c1-9-2-3-11(17(23)24)8-20(9)16(22)12-6-10-4-5-15(21)19-14(10)7-13(12)18/h6-7,9,11H,2-5,8H2,1H3,(H,19,21)(H,23,24). The fraction of sp³-hybridized carbons (Fsp3) is 0.471. The van der Waals surface area contributed by atoms with Crippen LogP contribution in [-0.4, -0.2) is 40.4 Å². The third-order valence-corrected chi connectivity index (χ3v) is 4.81. The van der Waals surface area contributed by atoms with Gasteiger partial charge in [-0.25, -0.2) is 4.39 Å². The minimum Gasteiger partial charge on any atom is -0.481 e. The summed E-state index contributed by atoms with van der Waals surface area (Å²) in [6.07, 6.45) is 1.84. The quantitative estimate of drug-likeness (QED) is 0.866. The van der Waals surface area contributed by atoms with Crippen LogP contribution in [-0.2, 0) is 16.0 Å². The molecule has 0 bridgehead atoms.